The molecule has 1 aliphatic rings. The maximum Gasteiger partial charge on any atom is 0.222 e. The Labute approximate surface area is 198 Å². The second-order valence-corrected chi connectivity index (χ2v) is 7.82. The fraction of sp³-hybridized carbons (Fsp3) is 0.333. The number of nitrogens with two attached hydrogens (primary N) is 1. The number of likely N-dealkylation sites (tertiary alicyclic amines) is 1. The highest BCUT2D eigenvalue weighted by Gasteiger charge is 2.19. The van der Waals surface area contributed by atoms with Crippen LogP contribution in [-0.2, 0) is 17.9 Å². The zero-order valence-electron chi connectivity index (χ0n) is 16.2. The minimum Gasteiger partial charge on any atom is -0.370 e. The zero-order chi connectivity index (χ0) is 20.1. The first-order valence-electron chi connectivity index (χ1n) is 9.29. The van der Waals surface area contributed by atoms with Crippen molar-refractivity contribution < 1.29 is 4.79 Å². The number of hydrogen-bond acceptors (Lipinski definition) is 2. The lowest BCUT2D eigenvalue weighted by atomic mass is 10.1. The number of hydrogen-bond donors (Lipinski definition) is 2. The average molecular weight is 547 g/mol. The first-order valence-corrected chi connectivity index (χ1v) is 10.0. The van der Waals surface area contributed by atoms with Crippen LogP contribution in [-0.4, -0.2) is 23.3 Å². The predicted octanol–water partition coefficient (Wildman–Crippen LogP) is 4.90. The lowest BCUT2D eigenvalue weighted by Crippen LogP contribution is -2.34. The molecule has 2 aromatic carbocycles. The van der Waals surface area contributed by atoms with Gasteiger partial charge in [0.2, 0.25) is 5.91 Å². The average Bonchev–Trinajstić information content (AvgIpc) is 3.05. The Kier molecular flexibility index (Phi) is 9.04. The third-order valence-electron chi connectivity index (χ3n) is 4.76. The van der Waals surface area contributed by atoms with Crippen LogP contribution in [0.3, 0.4) is 0 Å². The topological polar surface area (TPSA) is 70.7 Å². The monoisotopic (exact) mass is 546 g/mol. The smallest absolute Gasteiger partial charge is 0.222 e. The Morgan fingerprint density at radius 3 is 2.69 bits per heavy atom. The van der Waals surface area contributed by atoms with Crippen molar-refractivity contribution in [3.63, 3.8) is 0 Å². The summed E-state index contributed by atoms with van der Waals surface area (Å²) in [5.74, 6) is 0.574. The van der Waals surface area contributed by atoms with Gasteiger partial charge in [0.15, 0.2) is 5.96 Å². The summed E-state index contributed by atoms with van der Waals surface area (Å²) in [6.45, 7) is 3.91. The van der Waals surface area contributed by atoms with E-state index >= 15 is 0 Å². The Balaban J connectivity index is 0.00000300. The number of carbonyl (C=O) groups excluding carboxylic acids is 1. The summed E-state index contributed by atoms with van der Waals surface area (Å²) < 4.78 is 0. The van der Waals surface area contributed by atoms with E-state index in [-0.39, 0.29) is 35.9 Å². The highest BCUT2D eigenvalue weighted by atomic mass is 127. The maximum absolute atomic E-state index is 11.8. The minimum atomic E-state index is -0.0963. The van der Waals surface area contributed by atoms with Gasteiger partial charge in [-0.05, 0) is 42.2 Å². The molecule has 0 aromatic heterocycles. The number of nitrogens with zero attached hydrogens (tertiary/aromatic N) is 2. The summed E-state index contributed by atoms with van der Waals surface area (Å²) in [7, 11) is 0. The highest BCUT2D eigenvalue weighted by molar-refractivity contribution is 14.0. The van der Waals surface area contributed by atoms with E-state index in [1.165, 1.54) is 0 Å². The van der Waals surface area contributed by atoms with Gasteiger partial charge in [-0.15, -0.1) is 24.0 Å². The van der Waals surface area contributed by atoms with E-state index in [1.54, 1.807) is 12.1 Å². The number of nitrogens with one attached hydrogen (secondary N) is 1. The second kappa shape index (κ2) is 11.0. The Hall–Kier alpha value is -1.51. The summed E-state index contributed by atoms with van der Waals surface area (Å²) in [4.78, 5) is 18.1. The van der Waals surface area contributed by atoms with Crippen LogP contribution in [0.5, 0.6) is 0 Å². The van der Waals surface area contributed by atoms with Gasteiger partial charge in [0, 0.05) is 29.6 Å². The summed E-state index contributed by atoms with van der Waals surface area (Å²) in [6.07, 6.45) is 1.60. The summed E-state index contributed by atoms with van der Waals surface area (Å²) in [6, 6.07) is 13.4. The van der Waals surface area contributed by atoms with Crippen molar-refractivity contribution in [3.8, 4) is 0 Å². The van der Waals surface area contributed by atoms with Crippen molar-refractivity contribution >= 4 is 59.0 Å². The zero-order valence-corrected chi connectivity index (χ0v) is 20.0. The molecule has 2 aromatic rings. The Morgan fingerprint density at radius 2 is 2.00 bits per heavy atom. The predicted molar refractivity (Wildman–Crippen MR) is 130 cm³/mol. The van der Waals surface area contributed by atoms with E-state index in [2.05, 4.69) is 16.4 Å². The Bertz CT molecular complexity index is 891. The molecule has 1 heterocycles. The summed E-state index contributed by atoms with van der Waals surface area (Å²) in [5.41, 5.74) is 9.10. The van der Waals surface area contributed by atoms with Crippen LogP contribution in [0, 0.1) is 0 Å². The molecule has 1 saturated heterocycles. The van der Waals surface area contributed by atoms with Gasteiger partial charge in [0.1, 0.15) is 0 Å². The first kappa shape index (κ1) is 23.8. The molecule has 1 unspecified atom stereocenters. The number of benzene rings is 2. The van der Waals surface area contributed by atoms with Crippen LogP contribution in [0.25, 0.3) is 0 Å². The van der Waals surface area contributed by atoms with Crippen molar-refractivity contribution in [1.82, 2.24) is 10.2 Å². The molecule has 0 radical (unpaired) electrons. The molecule has 0 bridgehead atoms. The molecule has 3 rings (SSSR count). The fourth-order valence-electron chi connectivity index (χ4n) is 3.29. The molecular formula is C21H25Cl2IN4O. The first-order chi connectivity index (χ1) is 13.4. The van der Waals surface area contributed by atoms with E-state index < -0.39 is 0 Å². The van der Waals surface area contributed by atoms with Crippen LogP contribution in [0.2, 0.25) is 10.0 Å². The normalized spacial score (nSPS) is 15.2. The largest absolute Gasteiger partial charge is 0.370 e. The van der Waals surface area contributed by atoms with Crippen LogP contribution >= 0.6 is 47.2 Å². The minimum absolute atomic E-state index is 0. The number of halogens is 3. The van der Waals surface area contributed by atoms with Gasteiger partial charge in [-0.3, -0.25) is 4.79 Å². The van der Waals surface area contributed by atoms with Crippen molar-refractivity contribution in [3.05, 3.63) is 69.2 Å². The molecule has 156 valence electrons. The lowest BCUT2D eigenvalue weighted by molar-refractivity contribution is -0.128. The number of carbonyl (C=O) groups is 1. The summed E-state index contributed by atoms with van der Waals surface area (Å²) >= 11 is 12.2. The van der Waals surface area contributed by atoms with Gasteiger partial charge in [-0.1, -0.05) is 53.5 Å². The highest BCUT2D eigenvalue weighted by Crippen LogP contribution is 2.26. The van der Waals surface area contributed by atoms with Gasteiger partial charge < -0.3 is 16.0 Å². The van der Waals surface area contributed by atoms with E-state index in [0.29, 0.717) is 35.5 Å². The van der Waals surface area contributed by atoms with Crippen LogP contribution < -0.4 is 11.1 Å². The van der Waals surface area contributed by atoms with Gasteiger partial charge >= 0.3 is 0 Å². The third-order valence-corrected chi connectivity index (χ3v) is 5.32. The molecule has 1 fully saturated rings. The van der Waals surface area contributed by atoms with Crippen LogP contribution in [0.15, 0.2) is 47.5 Å². The SMILES string of the molecule is CC(NC(N)=NCc1cccc(CN2CCCC2=O)c1)c1ccc(Cl)cc1Cl.I. The fourth-order valence-corrected chi connectivity index (χ4v) is 3.86. The van der Waals surface area contributed by atoms with Crippen molar-refractivity contribution in [2.45, 2.75) is 38.9 Å². The Morgan fingerprint density at radius 1 is 1.24 bits per heavy atom. The molecule has 1 aliphatic heterocycles. The van der Waals surface area contributed by atoms with Crippen LogP contribution in [0.4, 0.5) is 0 Å². The molecular weight excluding hydrogens is 522 g/mol. The van der Waals surface area contributed by atoms with Gasteiger partial charge in [-0.2, -0.15) is 0 Å². The molecule has 1 amide bonds. The maximum atomic E-state index is 11.8. The van der Waals surface area contributed by atoms with Gasteiger partial charge in [0.25, 0.3) is 0 Å². The van der Waals surface area contributed by atoms with Gasteiger partial charge in [0.05, 0.1) is 12.6 Å². The van der Waals surface area contributed by atoms with Crippen molar-refractivity contribution in [2.75, 3.05) is 6.54 Å². The second-order valence-electron chi connectivity index (χ2n) is 6.97. The summed E-state index contributed by atoms with van der Waals surface area (Å²) in [5, 5.41) is 4.34. The number of guanidine groups is 1. The van der Waals surface area contributed by atoms with Crippen LogP contribution in [0.1, 0.15) is 42.5 Å². The lowest BCUT2D eigenvalue weighted by Gasteiger charge is -2.17. The van der Waals surface area contributed by atoms with E-state index in [4.69, 9.17) is 28.9 Å². The molecule has 1 atom stereocenters. The molecule has 5 nitrogen and oxygen atoms in total. The van der Waals surface area contributed by atoms with Crippen molar-refractivity contribution in [2.24, 2.45) is 10.7 Å². The molecule has 0 spiro atoms. The number of aliphatic imine (C=N–C) groups is 1. The standard InChI is InChI=1S/C21H24Cl2N4O.HI/c1-14(18-8-7-17(22)11-19(18)23)26-21(24)25-12-15-4-2-5-16(10-15)13-27-9-3-6-20(27)28;/h2,4-5,7-8,10-11,14H,3,6,9,12-13H2,1H3,(H3,24,25,26);1H. The molecule has 0 saturated carbocycles. The van der Waals surface area contributed by atoms with E-state index in [1.807, 2.05) is 36.1 Å². The van der Waals surface area contributed by atoms with Gasteiger partial charge in [-0.25, -0.2) is 4.99 Å². The molecule has 3 N–H and O–H groups in total. The number of amides is 1. The van der Waals surface area contributed by atoms with Crippen molar-refractivity contribution in [1.29, 1.82) is 0 Å². The number of rotatable bonds is 6. The molecule has 8 heteroatoms. The molecule has 29 heavy (non-hydrogen) atoms. The molecule has 0 aliphatic carbocycles. The van der Waals surface area contributed by atoms with E-state index in [9.17, 15) is 4.79 Å². The third kappa shape index (κ3) is 6.76. The quantitative estimate of drug-likeness (QED) is 0.307. The van der Waals surface area contributed by atoms with E-state index in [0.717, 1.165) is 29.7 Å².